The summed E-state index contributed by atoms with van der Waals surface area (Å²) in [6.07, 6.45) is 7.88. The molecule has 0 fully saturated rings. The summed E-state index contributed by atoms with van der Waals surface area (Å²) in [5.74, 6) is -1.00. The van der Waals surface area contributed by atoms with Crippen LogP contribution in [0.5, 0.6) is 11.5 Å². The number of carbonyl (C=O) groups excluding carboxylic acids is 1. The van der Waals surface area contributed by atoms with E-state index in [2.05, 4.69) is 26.5 Å². The van der Waals surface area contributed by atoms with Crippen molar-refractivity contribution in [2.45, 2.75) is 77.9 Å². The second-order valence-corrected chi connectivity index (χ2v) is 9.22. The van der Waals surface area contributed by atoms with Gasteiger partial charge in [-0.3, -0.25) is 0 Å². The fraction of sp³-hybridized carbons (Fsp3) is 0.577. The van der Waals surface area contributed by atoms with Crippen LogP contribution in [0.25, 0.3) is 0 Å². The lowest BCUT2D eigenvalue weighted by Gasteiger charge is -2.39. The van der Waals surface area contributed by atoms with Gasteiger partial charge in [-0.2, -0.15) is 0 Å². The number of cyclic esters (lactones) is 1. The van der Waals surface area contributed by atoms with Gasteiger partial charge in [-0.25, -0.2) is 4.79 Å². The molecule has 1 aliphatic carbocycles. The van der Waals surface area contributed by atoms with Crippen LogP contribution < -0.4 is 4.74 Å². The molecule has 0 aromatic heterocycles. The van der Waals surface area contributed by atoms with Gasteiger partial charge in [-0.15, -0.1) is 0 Å². The SMILES string of the molecule is C=C(C)C1CCC(C)=CC1c1c(O)cc(CCCCC)c2c1OC(C)(COC)OC2=O. The monoisotopic (exact) mass is 428 g/mol. The molecule has 0 spiro atoms. The average molecular weight is 429 g/mol. The Morgan fingerprint density at radius 1 is 1.35 bits per heavy atom. The molecule has 31 heavy (non-hydrogen) atoms. The molecule has 170 valence electrons. The topological polar surface area (TPSA) is 65.0 Å². The van der Waals surface area contributed by atoms with Crippen molar-refractivity contribution in [2.24, 2.45) is 5.92 Å². The average Bonchev–Trinajstić information content (AvgIpc) is 2.67. The van der Waals surface area contributed by atoms with Gasteiger partial charge in [0.25, 0.3) is 5.79 Å². The fourth-order valence-corrected chi connectivity index (χ4v) is 4.84. The zero-order chi connectivity index (χ0) is 22.8. The summed E-state index contributed by atoms with van der Waals surface area (Å²) in [5, 5.41) is 11.2. The van der Waals surface area contributed by atoms with Crippen molar-refractivity contribution in [3.8, 4) is 11.5 Å². The Hall–Kier alpha value is -2.27. The van der Waals surface area contributed by atoms with Gasteiger partial charge in [0.15, 0.2) is 0 Å². The van der Waals surface area contributed by atoms with E-state index in [9.17, 15) is 9.90 Å². The Morgan fingerprint density at radius 2 is 2.10 bits per heavy atom. The zero-order valence-electron chi connectivity index (χ0n) is 19.5. The molecular weight excluding hydrogens is 392 g/mol. The molecule has 0 amide bonds. The first-order valence-electron chi connectivity index (χ1n) is 11.3. The number of fused-ring (bicyclic) bond motifs is 1. The highest BCUT2D eigenvalue weighted by molar-refractivity contribution is 5.96. The summed E-state index contributed by atoms with van der Waals surface area (Å²) in [6, 6.07) is 1.74. The molecule has 1 aromatic rings. The third-order valence-electron chi connectivity index (χ3n) is 6.38. The maximum atomic E-state index is 13.2. The van der Waals surface area contributed by atoms with Crippen molar-refractivity contribution in [2.75, 3.05) is 13.7 Å². The molecular formula is C26H36O5. The van der Waals surface area contributed by atoms with Crippen molar-refractivity contribution >= 4 is 5.97 Å². The van der Waals surface area contributed by atoms with Crippen molar-refractivity contribution in [3.05, 3.63) is 46.6 Å². The van der Waals surface area contributed by atoms with Gasteiger partial charge in [-0.05, 0) is 57.1 Å². The van der Waals surface area contributed by atoms with E-state index in [1.165, 1.54) is 5.57 Å². The second-order valence-electron chi connectivity index (χ2n) is 9.22. The number of allylic oxidation sites excluding steroid dienone is 3. The number of hydrogen-bond donors (Lipinski definition) is 1. The molecule has 1 N–H and O–H groups in total. The van der Waals surface area contributed by atoms with E-state index in [1.54, 1.807) is 20.1 Å². The van der Waals surface area contributed by atoms with Gasteiger partial charge in [0, 0.05) is 25.5 Å². The van der Waals surface area contributed by atoms with Gasteiger partial charge in [0.1, 0.15) is 23.7 Å². The number of hydrogen-bond acceptors (Lipinski definition) is 5. The van der Waals surface area contributed by atoms with E-state index in [1.807, 2.05) is 6.92 Å². The summed E-state index contributed by atoms with van der Waals surface area (Å²) in [4.78, 5) is 13.2. The van der Waals surface area contributed by atoms with E-state index >= 15 is 0 Å². The lowest BCUT2D eigenvalue weighted by Crippen LogP contribution is -2.46. The number of phenolic OH excluding ortho intramolecular Hbond substituents is 1. The van der Waals surface area contributed by atoms with Crippen LogP contribution in [0, 0.1) is 5.92 Å². The molecule has 1 heterocycles. The highest BCUT2D eigenvalue weighted by atomic mass is 16.7. The molecule has 0 bridgehead atoms. The molecule has 0 saturated heterocycles. The standard InChI is InChI=1S/C26H36O5/c1-7-8-9-10-18-14-21(27)23(20-13-17(4)11-12-19(20)16(2)3)24-22(18)25(28)31-26(5,30-24)15-29-6/h13-14,19-20,27H,2,7-12,15H2,1,3-6H3. The number of methoxy groups -OCH3 is 1. The van der Waals surface area contributed by atoms with Gasteiger partial charge in [0.05, 0.1) is 0 Å². The number of phenols is 1. The van der Waals surface area contributed by atoms with Crippen molar-refractivity contribution in [1.29, 1.82) is 0 Å². The van der Waals surface area contributed by atoms with Gasteiger partial charge >= 0.3 is 5.97 Å². The number of rotatable bonds is 8. The summed E-state index contributed by atoms with van der Waals surface area (Å²) in [6.45, 7) is 12.3. The quantitative estimate of drug-likeness (QED) is 0.310. The molecule has 0 radical (unpaired) electrons. The number of ether oxygens (including phenoxy) is 3. The van der Waals surface area contributed by atoms with Crippen LogP contribution in [-0.2, 0) is 15.9 Å². The Morgan fingerprint density at radius 3 is 2.74 bits per heavy atom. The molecule has 3 unspecified atom stereocenters. The van der Waals surface area contributed by atoms with E-state index in [4.69, 9.17) is 14.2 Å². The highest BCUT2D eigenvalue weighted by Gasteiger charge is 2.43. The third kappa shape index (κ3) is 4.82. The number of esters is 1. The summed E-state index contributed by atoms with van der Waals surface area (Å²) >= 11 is 0. The first kappa shape index (κ1) is 23.4. The maximum absolute atomic E-state index is 13.2. The maximum Gasteiger partial charge on any atom is 0.345 e. The van der Waals surface area contributed by atoms with E-state index < -0.39 is 11.8 Å². The number of aromatic hydroxyl groups is 1. The minimum absolute atomic E-state index is 0.0991. The van der Waals surface area contributed by atoms with Crippen molar-refractivity contribution < 1.29 is 24.1 Å². The van der Waals surface area contributed by atoms with Crippen LogP contribution in [0.4, 0.5) is 0 Å². The predicted molar refractivity (Wildman–Crippen MR) is 122 cm³/mol. The number of aryl methyl sites for hydroxylation is 1. The molecule has 1 aliphatic heterocycles. The predicted octanol–water partition coefficient (Wildman–Crippen LogP) is 6.05. The highest BCUT2D eigenvalue weighted by Crippen LogP contribution is 2.50. The minimum Gasteiger partial charge on any atom is -0.507 e. The van der Waals surface area contributed by atoms with Crippen molar-refractivity contribution in [1.82, 2.24) is 0 Å². The molecule has 3 atom stereocenters. The molecule has 5 heteroatoms. The van der Waals surface area contributed by atoms with Crippen LogP contribution >= 0.6 is 0 Å². The molecule has 3 rings (SSSR count). The lowest BCUT2D eigenvalue weighted by molar-refractivity contribution is -0.171. The first-order chi connectivity index (χ1) is 14.7. The largest absolute Gasteiger partial charge is 0.507 e. The van der Waals surface area contributed by atoms with Crippen LogP contribution in [0.2, 0.25) is 0 Å². The summed E-state index contributed by atoms with van der Waals surface area (Å²) in [5.41, 5.74) is 4.19. The lowest BCUT2D eigenvalue weighted by atomic mass is 9.73. The van der Waals surface area contributed by atoms with Gasteiger partial charge in [0.2, 0.25) is 0 Å². The molecule has 2 aliphatic rings. The molecule has 0 saturated carbocycles. The van der Waals surface area contributed by atoms with Crippen molar-refractivity contribution in [3.63, 3.8) is 0 Å². The summed E-state index contributed by atoms with van der Waals surface area (Å²) < 4.78 is 17.2. The van der Waals surface area contributed by atoms with Gasteiger partial charge < -0.3 is 19.3 Å². The normalized spacial score (nSPS) is 25.3. The second kappa shape index (κ2) is 9.47. The third-order valence-corrected chi connectivity index (χ3v) is 6.38. The smallest absolute Gasteiger partial charge is 0.345 e. The van der Waals surface area contributed by atoms with Crippen LogP contribution in [0.15, 0.2) is 29.9 Å². The Bertz CT molecular complexity index is 884. The number of benzene rings is 1. The van der Waals surface area contributed by atoms with E-state index in [-0.39, 0.29) is 24.2 Å². The van der Waals surface area contributed by atoms with Crippen LogP contribution in [-0.4, -0.2) is 30.6 Å². The Balaban J connectivity index is 2.20. The number of unbranched alkanes of at least 4 members (excludes halogenated alkanes) is 2. The van der Waals surface area contributed by atoms with E-state index in [0.29, 0.717) is 23.3 Å². The Labute approximate surface area is 186 Å². The van der Waals surface area contributed by atoms with Crippen LogP contribution in [0.1, 0.15) is 87.2 Å². The van der Waals surface area contributed by atoms with Gasteiger partial charge in [-0.1, -0.05) is 43.6 Å². The molecule has 1 aromatic carbocycles. The summed E-state index contributed by atoms with van der Waals surface area (Å²) in [7, 11) is 1.54. The van der Waals surface area contributed by atoms with E-state index in [0.717, 1.165) is 43.2 Å². The number of carbonyl (C=O) groups is 1. The zero-order valence-corrected chi connectivity index (χ0v) is 19.5. The minimum atomic E-state index is -1.24. The van der Waals surface area contributed by atoms with Crippen LogP contribution in [0.3, 0.4) is 0 Å². The Kier molecular flexibility index (Phi) is 7.15. The molecule has 5 nitrogen and oxygen atoms in total. The first-order valence-corrected chi connectivity index (χ1v) is 11.3. The fourth-order valence-electron chi connectivity index (χ4n) is 4.84.